The number of ether oxygens (including phenoxy) is 1. The van der Waals surface area contributed by atoms with Crippen molar-refractivity contribution in [2.75, 3.05) is 6.61 Å². The fourth-order valence-corrected chi connectivity index (χ4v) is 4.88. The summed E-state index contributed by atoms with van der Waals surface area (Å²) >= 11 is 0. The molecule has 2 aromatic rings. The molecular weight excluding hydrogens is 292 g/mol. The molecule has 2 aromatic carbocycles. The smallest absolute Gasteiger partial charge is 0.0717 e. The van der Waals surface area contributed by atoms with Gasteiger partial charge in [0.15, 0.2) is 0 Å². The van der Waals surface area contributed by atoms with Crippen LogP contribution in [-0.2, 0) is 11.3 Å². The molecule has 0 amide bonds. The first-order valence-electron chi connectivity index (χ1n) is 9.57. The summed E-state index contributed by atoms with van der Waals surface area (Å²) in [6, 6.07) is 21.7. The van der Waals surface area contributed by atoms with Gasteiger partial charge in [0.1, 0.15) is 0 Å². The predicted molar refractivity (Wildman–Crippen MR) is 96.6 cm³/mol. The molecule has 24 heavy (non-hydrogen) atoms. The van der Waals surface area contributed by atoms with E-state index in [1.807, 2.05) is 0 Å². The van der Waals surface area contributed by atoms with Crippen LogP contribution >= 0.6 is 0 Å². The highest BCUT2D eigenvalue weighted by molar-refractivity contribution is 5.27. The number of benzene rings is 2. The fraction of sp³-hybridized carbons (Fsp3) is 0.478. The molecule has 5 rings (SSSR count). The van der Waals surface area contributed by atoms with E-state index in [1.54, 1.807) is 5.56 Å². The standard InChI is InChI=1S/C23H26O/c1-3-7-16(8-4-1)14-24-15-18-11-19(18)22-13-23(22)21-12-20(21)17-9-5-2-6-10-17/h1-10,18-23H,11-15H2. The first kappa shape index (κ1) is 14.7. The van der Waals surface area contributed by atoms with Crippen LogP contribution in [-0.4, -0.2) is 6.61 Å². The van der Waals surface area contributed by atoms with Gasteiger partial charge in [0, 0.05) is 0 Å². The highest BCUT2D eigenvalue weighted by atomic mass is 16.5. The van der Waals surface area contributed by atoms with E-state index in [4.69, 9.17) is 4.74 Å². The van der Waals surface area contributed by atoms with E-state index in [0.29, 0.717) is 0 Å². The number of rotatable bonds is 7. The van der Waals surface area contributed by atoms with Crippen LogP contribution in [0.4, 0.5) is 0 Å². The second kappa shape index (κ2) is 6.04. The van der Waals surface area contributed by atoms with E-state index in [0.717, 1.165) is 48.7 Å². The summed E-state index contributed by atoms with van der Waals surface area (Å²) in [5.41, 5.74) is 2.87. The van der Waals surface area contributed by atoms with Crippen LogP contribution in [0, 0.1) is 29.6 Å². The molecule has 0 saturated heterocycles. The maximum atomic E-state index is 5.95. The lowest BCUT2D eigenvalue weighted by molar-refractivity contribution is 0.106. The summed E-state index contributed by atoms with van der Waals surface area (Å²) in [6.45, 7) is 1.74. The Hall–Kier alpha value is -1.60. The molecule has 0 radical (unpaired) electrons. The maximum Gasteiger partial charge on any atom is 0.0717 e. The van der Waals surface area contributed by atoms with E-state index < -0.39 is 0 Å². The van der Waals surface area contributed by atoms with E-state index in [9.17, 15) is 0 Å². The van der Waals surface area contributed by atoms with Crippen LogP contribution in [0.3, 0.4) is 0 Å². The van der Waals surface area contributed by atoms with Crippen molar-refractivity contribution in [2.45, 2.75) is 31.8 Å². The molecule has 1 heteroatoms. The zero-order valence-electron chi connectivity index (χ0n) is 14.2. The number of hydrogen-bond donors (Lipinski definition) is 0. The van der Waals surface area contributed by atoms with Gasteiger partial charge in [-0.05, 0) is 65.9 Å². The van der Waals surface area contributed by atoms with E-state index >= 15 is 0 Å². The molecule has 3 fully saturated rings. The van der Waals surface area contributed by atoms with Crippen molar-refractivity contribution in [1.29, 1.82) is 0 Å². The normalized spacial score (nSPS) is 36.3. The summed E-state index contributed by atoms with van der Waals surface area (Å²) in [4.78, 5) is 0. The minimum Gasteiger partial charge on any atom is -0.376 e. The Morgan fingerprint density at radius 3 is 2.21 bits per heavy atom. The third-order valence-electron chi connectivity index (χ3n) is 6.48. The van der Waals surface area contributed by atoms with Crippen molar-refractivity contribution in [3.05, 3.63) is 71.8 Å². The summed E-state index contributed by atoms with van der Waals surface area (Å²) in [5, 5.41) is 0. The van der Waals surface area contributed by atoms with Gasteiger partial charge >= 0.3 is 0 Å². The van der Waals surface area contributed by atoms with Gasteiger partial charge in [-0.25, -0.2) is 0 Å². The fourth-order valence-electron chi connectivity index (χ4n) is 4.88. The van der Waals surface area contributed by atoms with Gasteiger partial charge in [-0.3, -0.25) is 0 Å². The molecular formula is C23H26O. The maximum absolute atomic E-state index is 5.95. The molecule has 0 bridgehead atoms. The van der Waals surface area contributed by atoms with Gasteiger partial charge in [-0.2, -0.15) is 0 Å². The first-order valence-corrected chi connectivity index (χ1v) is 9.57. The van der Waals surface area contributed by atoms with Crippen molar-refractivity contribution in [3.63, 3.8) is 0 Å². The largest absolute Gasteiger partial charge is 0.376 e. The van der Waals surface area contributed by atoms with Crippen LogP contribution in [0.25, 0.3) is 0 Å². The minimum absolute atomic E-state index is 0.775. The summed E-state index contributed by atoms with van der Waals surface area (Å²) in [7, 11) is 0. The Morgan fingerprint density at radius 2 is 1.42 bits per heavy atom. The second-order valence-electron chi connectivity index (χ2n) is 8.14. The Morgan fingerprint density at radius 1 is 0.708 bits per heavy atom. The van der Waals surface area contributed by atoms with E-state index in [1.165, 1.54) is 24.8 Å². The third-order valence-corrected chi connectivity index (χ3v) is 6.48. The zero-order chi connectivity index (χ0) is 15.9. The van der Waals surface area contributed by atoms with Crippen LogP contribution in [0.1, 0.15) is 36.3 Å². The van der Waals surface area contributed by atoms with Crippen LogP contribution in [0.5, 0.6) is 0 Å². The molecule has 3 aliphatic carbocycles. The highest BCUT2D eigenvalue weighted by Crippen LogP contribution is 2.68. The molecule has 0 N–H and O–H groups in total. The quantitative estimate of drug-likeness (QED) is 0.675. The lowest BCUT2D eigenvalue weighted by Crippen LogP contribution is -2.00. The second-order valence-corrected chi connectivity index (χ2v) is 8.14. The Bertz CT molecular complexity index is 680. The molecule has 0 heterocycles. The van der Waals surface area contributed by atoms with Gasteiger partial charge in [0.2, 0.25) is 0 Å². The Kier molecular flexibility index (Phi) is 3.70. The number of hydrogen-bond acceptors (Lipinski definition) is 1. The van der Waals surface area contributed by atoms with Gasteiger partial charge < -0.3 is 4.74 Å². The topological polar surface area (TPSA) is 9.23 Å². The monoisotopic (exact) mass is 318 g/mol. The molecule has 6 atom stereocenters. The molecule has 6 unspecified atom stereocenters. The average molecular weight is 318 g/mol. The molecule has 1 nitrogen and oxygen atoms in total. The molecule has 124 valence electrons. The van der Waals surface area contributed by atoms with Crippen LogP contribution in [0.15, 0.2) is 60.7 Å². The highest BCUT2D eigenvalue weighted by Gasteiger charge is 2.60. The van der Waals surface area contributed by atoms with Gasteiger partial charge in [0.05, 0.1) is 13.2 Å². The zero-order valence-corrected chi connectivity index (χ0v) is 14.2. The van der Waals surface area contributed by atoms with Crippen molar-refractivity contribution >= 4 is 0 Å². The van der Waals surface area contributed by atoms with Crippen molar-refractivity contribution in [2.24, 2.45) is 29.6 Å². The van der Waals surface area contributed by atoms with Crippen molar-refractivity contribution < 1.29 is 4.74 Å². The summed E-state index contributed by atoms with van der Waals surface area (Å²) in [6.07, 6.45) is 4.35. The van der Waals surface area contributed by atoms with Crippen molar-refractivity contribution in [3.8, 4) is 0 Å². The lowest BCUT2D eigenvalue weighted by atomic mass is 10.1. The molecule has 0 aromatic heterocycles. The molecule has 3 aliphatic rings. The minimum atomic E-state index is 0.775. The van der Waals surface area contributed by atoms with Gasteiger partial charge in [0.25, 0.3) is 0 Å². The Labute approximate surface area is 145 Å². The molecule has 0 aliphatic heterocycles. The Balaban J connectivity index is 1.05. The summed E-state index contributed by atoms with van der Waals surface area (Å²) in [5.74, 6) is 5.73. The lowest BCUT2D eigenvalue weighted by Gasteiger charge is -2.04. The van der Waals surface area contributed by atoms with Crippen molar-refractivity contribution in [1.82, 2.24) is 0 Å². The van der Waals surface area contributed by atoms with Gasteiger partial charge in [-0.15, -0.1) is 0 Å². The van der Waals surface area contributed by atoms with E-state index in [-0.39, 0.29) is 0 Å². The predicted octanol–water partition coefficient (Wildman–Crippen LogP) is 5.28. The molecule has 3 saturated carbocycles. The average Bonchev–Trinajstić information content (AvgIpc) is 3.49. The van der Waals surface area contributed by atoms with E-state index in [2.05, 4.69) is 60.7 Å². The van der Waals surface area contributed by atoms with Gasteiger partial charge in [-0.1, -0.05) is 60.7 Å². The third kappa shape index (κ3) is 3.02. The molecule has 0 spiro atoms. The summed E-state index contributed by atoms with van der Waals surface area (Å²) < 4.78 is 5.95. The first-order chi connectivity index (χ1) is 11.9. The van der Waals surface area contributed by atoms with Crippen LogP contribution < -0.4 is 0 Å². The van der Waals surface area contributed by atoms with Crippen LogP contribution in [0.2, 0.25) is 0 Å². The SMILES string of the molecule is c1ccc(COCC2CC2C2CC2C2CC2c2ccccc2)cc1.